The van der Waals surface area contributed by atoms with E-state index in [0.717, 1.165) is 59.5 Å². The molecule has 1 saturated heterocycles. The maximum absolute atomic E-state index is 12.8. The molecule has 4 heterocycles. The van der Waals surface area contributed by atoms with Gasteiger partial charge in [-0.3, -0.25) is 10.1 Å². The number of halogens is 1. The number of hydrogen-bond acceptors (Lipinski definition) is 7. The van der Waals surface area contributed by atoms with E-state index in [0.29, 0.717) is 11.0 Å². The van der Waals surface area contributed by atoms with Crippen LogP contribution in [-0.4, -0.2) is 43.6 Å². The van der Waals surface area contributed by atoms with E-state index in [1.165, 1.54) is 11.3 Å². The molecule has 0 radical (unpaired) electrons. The molecule has 0 atom stereocenters. The Bertz CT molecular complexity index is 1260. The summed E-state index contributed by atoms with van der Waals surface area (Å²) < 4.78 is 1.75. The number of hydrogen-bond donors (Lipinski definition) is 1. The second-order valence-electron chi connectivity index (χ2n) is 7.96. The van der Waals surface area contributed by atoms with Crippen LogP contribution in [0.2, 0.25) is 5.02 Å². The number of anilines is 2. The summed E-state index contributed by atoms with van der Waals surface area (Å²) in [5.41, 5.74) is 3.81. The Morgan fingerprint density at radius 1 is 1.09 bits per heavy atom. The van der Waals surface area contributed by atoms with Crippen molar-refractivity contribution in [1.29, 1.82) is 0 Å². The lowest BCUT2D eigenvalue weighted by Crippen LogP contribution is -2.39. The predicted octanol–water partition coefficient (Wildman–Crippen LogP) is 4.37. The van der Waals surface area contributed by atoms with Crippen LogP contribution in [0.25, 0.3) is 16.2 Å². The molecule has 1 aromatic carbocycles. The lowest BCUT2D eigenvalue weighted by atomic mass is 9.96. The summed E-state index contributed by atoms with van der Waals surface area (Å²) in [6.07, 6.45) is 1.47. The topological polar surface area (TPSA) is 88.3 Å². The molecule has 1 amide bonds. The van der Waals surface area contributed by atoms with Gasteiger partial charge in [0.15, 0.2) is 0 Å². The van der Waals surface area contributed by atoms with Crippen molar-refractivity contribution in [2.75, 3.05) is 23.3 Å². The summed E-state index contributed by atoms with van der Waals surface area (Å²) in [7, 11) is 0. The van der Waals surface area contributed by atoms with Crippen molar-refractivity contribution < 1.29 is 4.79 Å². The average molecular weight is 468 g/mol. The zero-order valence-electron chi connectivity index (χ0n) is 17.7. The number of benzene rings is 1. The van der Waals surface area contributed by atoms with E-state index >= 15 is 0 Å². The third-order valence-corrected chi connectivity index (χ3v) is 6.64. The van der Waals surface area contributed by atoms with Crippen molar-refractivity contribution in [3.05, 3.63) is 52.1 Å². The first-order valence-electron chi connectivity index (χ1n) is 10.4. The van der Waals surface area contributed by atoms with Crippen molar-refractivity contribution >= 4 is 45.7 Å². The van der Waals surface area contributed by atoms with E-state index in [2.05, 4.69) is 30.3 Å². The Morgan fingerprint density at radius 2 is 1.78 bits per heavy atom. The Labute approximate surface area is 194 Å². The van der Waals surface area contributed by atoms with Gasteiger partial charge in [0, 0.05) is 46.4 Å². The van der Waals surface area contributed by atoms with Crippen molar-refractivity contribution in [1.82, 2.24) is 24.6 Å². The predicted molar refractivity (Wildman–Crippen MR) is 126 cm³/mol. The number of nitrogens with one attached hydrogen (secondary N) is 1. The Hall–Kier alpha value is -3.04. The summed E-state index contributed by atoms with van der Waals surface area (Å²) in [5, 5.41) is 10.1. The van der Waals surface area contributed by atoms with Gasteiger partial charge in [-0.2, -0.15) is 4.98 Å². The summed E-state index contributed by atoms with van der Waals surface area (Å²) in [4.78, 5) is 29.3. The van der Waals surface area contributed by atoms with Crippen LogP contribution in [-0.2, 0) is 4.79 Å². The number of amides is 1. The van der Waals surface area contributed by atoms with Crippen LogP contribution in [0, 0.1) is 19.8 Å². The average Bonchev–Trinajstić information content (AvgIpc) is 3.34. The molecule has 32 heavy (non-hydrogen) atoms. The van der Waals surface area contributed by atoms with Crippen molar-refractivity contribution in [2.24, 2.45) is 5.92 Å². The number of nitrogens with zero attached hydrogens (tertiary/aromatic N) is 6. The first-order chi connectivity index (χ1) is 15.5. The second kappa shape index (κ2) is 8.48. The van der Waals surface area contributed by atoms with Crippen molar-refractivity contribution in [3.8, 4) is 11.3 Å². The second-order valence-corrected chi connectivity index (χ2v) is 9.23. The summed E-state index contributed by atoms with van der Waals surface area (Å²) in [6, 6.07) is 9.53. The van der Waals surface area contributed by atoms with E-state index in [1.54, 1.807) is 4.52 Å². The minimum atomic E-state index is -0.0885. The van der Waals surface area contributed by atoms with Gasteiger partial charge in [-0.1, -0.05) is 23.7 Å². The fourth-order valence-electron chi connectivity index (χ4n) is 3.96. The summed E-state index contributed by atoms with van der Waals surface area (Å²) >= 11 is 7.48. The SMILES string of the molecule is Cc1cc(C)nc(N2CCC(C(=O)Nc3nc4scc(-c5ccc(Cl)cc5)n4n3)CC2)n1. The number of fused-ring (bicyclic) bond motifs is 1. The van der Waals surface area contributed by atoms with Crippen molar-refractivity contribution in [2.45, 2.75) is 26.7 Å². The molecule has 5 rings (SSSR count). The maximum atomic E-state index is 12.8. The van der Waals surface area contributed by atoms with Gasteiger partial charge in [0.25, 0.3) is 0 Å². The highest BCUT2D eigenvalue weighted by Gasteiger charge is 2.27. The Morgan fingerprint density at radius 3 is 2.47 bits per heavy atom. The van der Waals surface area contributed by atoms with Gasteiger partial charge in [-0.15, -0.1) is 16.4 Å². The van der Waals surface area contributed by atoms with Crippen LogP contribution in [0.5, 0.6) is 0 Å². The molecular weight excluding hydrogens is 446 g/mol. The lowest BCUT2D eigenvalue weighted by molar-refractivity contribution is -0.120. The number of aryl methyl sites for hydroxylation is 2. The molecule has 10 heteroatoms. The quantitative estimate of drug-likeness (QED) is 0.479. The highest BCUT2D eigenvalue weighted by molar-refractivity contribution is 7.15. The number of thiazole rings is 1. The molecule has 1 N–H and O–H groups in total. The minimum Gasteiger partial charge on any atom is -0.341 e. The molecule has 0 unspecified atom stereocenters. The van der Waals surface area contributed by atoms with Gasteiger partial charge in [0.2, 0.25) is 22.8 Å². The van der Waals surface area contributed by atoms with Crippen LogP contribution in [0.15, 0.2) is 35.7 Å². The van der Waals surface area contributed by atoms with Crippen molar-refractivity contribution in [3.63, 3.8) is 0 Å². The molecule has 0 aliphatic carbocycles. The molecular formula is C22H22ClN7OS. The van der Waals surface area contributed by atoms with Gasteiger partial charge >= 0.3 is 0 Å². The normalized spacial score (nSPS) is 14.8. The van der Waals surface area contributed by atoms with Gasteiger partial charge in [0.05, 0.1) is 5.69 Å². The first kappa shape index (κ1) is 20.8. The molecule has 1 aliphatic rings. The van der Waals surface area contributed by atoms with Crippen LogP contribution in [0.1, 0.15) is 24.2 Å². The number of carbonyl (C=O) groups is 1. The van der Waals surface area contributed by atoms with Gasteiger partial charge < -0.3 is 4.90 Å². The fourth-order valence-corrected chi connectivity index (χ4v) is 4.91. The summed E-state index contributed by atoms with van der Waals surface area (Å²) in [5.74, 6) is 0.941. The molecule has 0 bridgehead atoms. The lowest BCUT2D eigenvalue weighted by Gasteiger charge is -2.31. The van der Waals surface area contributed by atoms with E-state index in [4.69, 9.17) is 11.6 Å². The van der Waals surface area contributed by atoms with Crippen LogP contribution < -0.4 is 10.2 Å². The monoisotopic (exact) mass is 467 g/mol. The molecule has 4 aromatic rings. The Kier molecular flexibility index (Phi) is 5.52. The molecule has 1 aliphatic heterocycles. The third kappa shape index (κ3) is 4.18. The first-order valence-corrected chi connectivity index (χ1v) is 11.7. The van der Waals surface area contributed by atoms with E-state index in [1.807, 2.05) is 49.6 Å². The molecule has 8 nitrogen and oxygen atoms in total. The largest absolute Gasteiger partial charge is 0.341 e. The zero-order chi connectivity index (χ0) is 22.2. The summed E-state index contributed by atoms with van der Waals surface area (Å²) in [6.45, 7) is 5.43. The molecule has 164 valence electrons. The number of aromatic nitrogens is 5. The fraction of sp³-hybridized carbons (Fsp3) is 0.318. The third-order valence-electron chi connectivity index (χ3n) is 5.58. The van der Waals surface area contributed by atoms with Crippen LogP contribution in [0.4, 0.5) is 11.9 Å². The van der Waals surface area contributed by atoms with Crippen LogP contribution in [0.3, 0.4) is 0 Å². The van der Waals surface area contributed by atoms with Gasteiger partial charge in [0.1, 0.15) is 0 Å². The van der Waals surface area contributed by atoms with E-state index in [9.17, 15) is 4.79 Å². The maximum Gasteiger partial charge on any atom is 0.250 e. The minimum absolute atomic E-state index is 0.0442. The number of rotatable bonds is 4. The van der Waals surface area contributed by atoms with E-state index in [-0.39, 0.29) is 11.8 Å². The van der Waals surface area contributed by atoms with E-state index < -0.39 is 0 Å². The van der Waals surface area contributed by atoms with Gasteiger partial charge in [-0.25, -0.2) is 14.5 Å². The molecule has 0 spiro atoms. The highest BCUT2D eigenvalue weighted by atomic mass is 35.5. The molecule has 1 fully saturated rings. The molecule has 3 aromatic heterocycles. The zero-order valence-corrected chi connectivity index (χ0v) is 19.3. The molecule has 0 saturated carbocycles. The number of carbonyl (C=O) groups excluding carboxylic acids is 1. The smallest absolute Gasteiger partial charge is 0.250 e. The Balaban J connectivity index is 1.25. The van der Waals surface area contributed by atoms with Gasteiger partial charge in [-0.05, 0) is 44.9 Å². The van der Waals surface area contributed by atoms with Crippen LogP contribution >= 0.6 is 22.9 Å². The number of piperidine rings is 1. The standard InChI is InChI=1S/C22H22ClN7OS/c1-13-11-14(2)25-21(24-13)29-9-7-16(8-10-29)19(31)26-20-27-22-30(28-20)18(12-32-22)15-3-5-17(23)6-4-15/h3-6,11-12,16H,7-10H2,1-2H3,(H,26,28,31). The highest BCUT2D eigenvalue weighted by Crippen LogP contribution is 2.27.